The minimum absolute atomic E-state index is 0.000178. The molecule has 178 valence electrons. The fourth-order valence-corrected chi connectivity index (χ4v) is 5.81. The molecule has 3 heterocycles. The predicted molar refractivity (Wildman–Crippen MR) is 132 cm³/mol. The number of likely N-dealkylation sites (tertiary alicyclic amines) is 1. The summed E-state index contributed by atoms with van der Waals surface area (Å²) >= 11 is 1.67. The van der Waals surface area contributed by atoms with Crippen LogP contribution in [0.1, 0.15) is 45.0 Å². The molecule has 5 atom stereocenters. The number of nitrogens with one attached hydrogen (secondary N) is 3. The van der Waals surface area contributed by atoms with Gasteiger partial charge in [0.15, 0.2) is 0 Å². The summed E-state index contributed by atoms with van der Waals surface area (Å²) in [7, 11) is 1.75. The highest BCUT2D eigenvalue weighted by Gasteiger charge is 2.50. The molecule has 2 fully saturated rings. The third-order valence-corrected chi connectivity index (χ3v) is 7.86. The fraction of sp³-hybridized carbons (Fsp3) is 0.560. The van der Waals surface area contributed by atoms with Crippen molar-refractivity contribution >= 4 is 23.2 Å². The Morgan fingerprint density at radius 3 is 2.64 bits per heavy atom. The standard InChI is InChI=1S/C25H35N5O2S/c1-15(26-5)22(31)29-21(25(2,3)4)24(32)30-12-11-18-20(30)17(13-27-18)23-28-19(14-33-23)16-9-7-6-8-10-16/h6-10,14-15,17-18,20-21,26-27H,11-13H2,1-5H3,(H,29,31). The molecule has 2 saturated heterocycles. The summed E-state index contributed by atoms with van der Waals surface area (Å²) in [4.78, 5) is 33.4. The highest BCUT2D eigenvalue weighted by atomic mass is 32.1. The third-order valence-electron chi connectivity index (χ3n) is 6.88. The average Bonchev–Trinajstić information content (AvgIpc) is 3.52. The van der Waals surface area contributed by atoms with E-state index in [1.807, 2.05) is 43.9 Å². The minimum Gasteiger partial charge on any atom is -0.342 e. The maximum absolute atomic E-state index is 13.8. The Bertz CT molecular complexity index is 986. The number of hydrogen-bond donors (Lipinski definition) is 3. The Balaban J connectivity index is 1.56. The zero-order valence-electron chi connectivity index (χ0n) is 20.1. The second kappa shape index (κ2) is 9.52. The number of nitrogens with zero attached hydrogens (tertiary/aromatic N) is 2. The maximum atomic E-state index is 13.8. The number of aromatic nitrogens is 1. The molecule has 2 aliphatic rings. The van der Waals surface area contributed by atoms with E-state index in [0.29, 0.717) is 6.54 Å². The van der Waals surface area contributed by atoms with Crippen molar-refractivity contribution in [2.75, 3.05) is 20.1 Å². The van der Waals surface area contributed by atoms with Crippen LogP contribution < -0.4 is 16.0 Å². The van der Waals surface area contributed by atoms with Crippen LogP contribution >= 0.6 is 11.3 Å². The molecule has 8 heteroatoms. The number of amides is 2. The van der Waals surface area contributed by atoms with Crippen molar-refractivity contribution in [3.63, 3.8) is 0 Å². The molecule has 1 aromatic heterocycles. The van der Waals surface area contributed by atoms with Gasteiger partial charge < -0.3 is 20.9 Å². The van der Waals surface area contributed by atoms with Crippen molar-refractivity contribution in [2.45, 2.75) is 64.2 Å². The first-order chi connectivity index (χ1) is 15.7. The third kappa shape index (κ3) is 4.83. The van der Waals surface area contributed by atoms with Gasteiger partial charge in [-0.1, -0.05) is 51.1 Å². The quantitative estimate of drug-likeness (QED) is 0.606. The molecule has 0 bridgehead atoms. The second-order valence-corrected chi connectivity index (χ2v) is 11.1. The summed E-state index contributed by atoms with van der Waals surface area (Å²) in [5.41, 5.74) is 1.69. The van der Waals surface area contributed by atoms with Gasteiger partial charge in [0, 0.05) is 36.0 Å². The van der Waals surface area contributed by atoms with Crippen LogP contribution in [0.2, 0.25) is 0 Å². The van der Waals surface area contributed by atoms with Gasteiger partial charge in [-0.15, -0.1) is 11.3 Å². The Labute approximate surface area is 200 Å². The number of likely N-dealkylation sites (N-methyl/N-ethyl adjacent to an activating group) is 1. The van der Waals surface area contributed by atoms with E-state index in [2.05, 4.69) is 33.5 Å². The lowest BCUT2D eigenvalue weighted by Crippen LogP contribution is -2.58. The SMILES string of the molecule is CNC(C)C(=O)NC(C(=O)N1CCC2NCC(c3nc(-c4ccccc4)cs3)C21)C(C)(C)C. The fourth-order valence-electron chi connectivity index (χ4n) is 4.84. The number of thiazole rings is 1. The first kappa shape index (κ1) is 23.9. The normalized spacial score (nSPS) is 24.4. The number of benzene rings is 1. The summed E-state index contributed by atoms with van der Waals surface area (Å²) in [6, 6.07) is 9.56. The van der Waals surface area contributed by atoms with Crippen LogP contribution in [0, 0.1) is 5.41 Å². The first-order valence-corrected chi connectivity index (χ1v) is 12.6. The molecule has 7 nitrogen and oxygen atoms in total. The van der Waals surface area contributed by atoms with Crippen LogP contribution in [-0.4, -0.2) is 66.0 Å². The lowest BCUT2D eigenvalue weighted by Gasteiger charge is -2.37. The number of carbonyl (C=O) groups is 2. The van der Waals surface area contributed by atoms with Gasteiger partial charge >= 0.3 is 0 Å². The topological polar surface area (TPSA) is 86.4 Å². The van der Waals surface area contributed by atoms with E-state index in [1.54, 1.807) is 25.3 Å². The first-order valence-electron chi connectivity index (χ1n) is 11.7. The molecule has 0 aliphatic carbocycles. The van der Waals surface area contributed by atoms with E-state index in [4.69, 9.17) is 4.98 Å². The molecule has 2 aliphatic heterocycles. The molecular weight excluding hydrogens is 434 g/mol. The van der Waals surface area contributed by atoms with Gasteiger partial charge in [0.25, 0.3) is 0 Å². The van der Waals surface area contributed by atoms with Crippen LogP contribution in [0.5, 0.6) is 0 Å². The predicted octanol–water partition coefficient (Wildman–Crippen LogP) is 2.61. The molecule has 33 heavy (non-hydrogen) atoms. The van der Waals surface area contributed by atoms with Gasteiger partial charge in [-0.3, -0.25) is 9.59 Å². The van der Waals surface area contributed by atoms with Crippen molar-refractivity contribution in [3.8, 4) is 11.3 Å². The van der Waals surface area contributed by atoms with Crippen LogP contribution in [0.25, 0.3) is 11.3 Å². The molecule has 1 aromatic carbocycles. The van der Waals surface area contributed by atoms with Crippen molar-refractivity contribution in [1.29, 1.82) is 0 Å². The second-order valence-electron chi connectivity index (χ2n) is 10.2. The summed E-state index contributed by atoms with van der Waals surface area (Å²) in [5, 5.41) is 12.8. The van der Waals surface area contributed by atoms with Gasteiger partial charge in [0.05, 0.1) is 22.8 Å². The number of carbonyl (C=O) groups excluding carboxylic acids is 2. The van der Waals surface area contributed by atoms with Crippen molar-refractivity contribution in [1.82, 2.24) is 25.8 Å². The van der Waals surface area contributed by atoms with E-state index in [1.165, 1.54) is 0 Å². The largest absolute Gasteiger partial charge is 0.342 e. The Hall–Kier alpha value is -2.29. The van der Waals surface area contributed by atoms with Gasteiger partial charge in [-0.05, 0) is 25.8 Å². The van der Waals surface area contributed by atoms with Crippen molar-refractivity contribution < 1.29 is 9.59 Å². The zero-order chi connectivity index (χ0) is 23.8. The molecule has 2 amide bonds. The lowest BCUT2D eigenvalue weighted by molar-refractivity contribution is -0.140. The summed E-state index contributed by atoms with van der Waals surface area (Å²) < 4.78 is 0. The smallest absolute Gasteiger partial charge is 0.246 e. The van der Waals surface area contributed by atoms with Gasteiger partial charge in [-0.2, -0.15) is 0 Å². The minimum atomic E-state index is -0.586. The number of fused-ring (bicyclic) bond motifs is 1. The highest BCUT2D eigenvalue weighted by molar-refractivity contribution is 7.10. The van der Waals surface area contributed by atoms with Gasteiger partial charge in [0.2, 0.25) is 11.8 Å². The van der Waals surface area contributed by atoms with E-state index in [0.717, 1.165) is 29.2 Å². The van der Waals surface area contributed by atoms with Gasteiger partial charge in [-0.25, -0.2) is 4.98 Å². The molecule has 0 saturated carbocycles. The summed E-state index contributed by atoms with van der Waals surface area (Å²) in [6.45, 7) is 9.32. The monoisotopic (exact) mass is 469 g/mol. The van der Waals surface area contributed by atoms with Crippen molar-refractivity contribution in [3.05, 3.63) is 40.7 Å². The Morgan fingerprint density at radius 1 is 1.24 bits per heavy atom. The molecule has 0 spiro atoms. The number of rotatable bonds is 6. The molecule has 5 unspecified atom stereocenters. The molecule has 3 N–H and O–H groups in total. The molecular formula is C25H35N5O2S. The Kier molecular flexibility index (Phi) is 6.88. The van der Waals surface area contributed by atoms with E-state index in [9.17, 15) is 9.59 Å². The molecule has 0 radical (unpaired) electrons. The van der Waals surface area contributed by atoms with E-state index >= 15 is 0 Å². The van der Waals surface area contributed by atoms with E-state index in [-0.39, 0.29) is 35.9 Å². The van der Waals surface area contributed by atoms with Crippen LogP contribution in [0.3, 0.4) is 0 Å². The van der Waals surface area contributed by atoms with Crippen molar-refractivity contribution in [2.24, 2.45) is 5.41 Å². The van der Waals surface area contributed by atoms with E-state index < -0.39 is 11.5 Å². The van der Waals surface area contributed by atoms with Crippen LogP contribution in [0.4, 0.5) is 0 Å². The summed E-state index contributed by atoms with van der Waals surface area (Å²) in [5.74, 6) is -0.00768. The highest BCUT2D eigenvalue weighted by Crippen LogP contribution is 2.39. The number of hydrogen-bond acceptors (Lipinski definition) is 6. The summed E-state index contributed by atoms with van der Waals surface area (Å²) in [6.07, 6.45) is 0.918. The average molecular weight is 470 g/mol. The lowest BCUT2D eigenvalue weighted by atomic mass is 9.85. The van der Waals surface area contributed by atoms with Crippen LogP contribution in [0.15, 0.2) is 35.7 Å². The van der Waals surface area contributed by atoms with Crippen LogP contribution in [-0.2, 0) is 9.59 Å². The molecule has 4 rings (SSSR count). The molecule has 2 aromatic rings. The maximum Gasteiger partial charge on any atom is 0.246 e. The Morgan fingerprint density at radius 2 is 1.97 bits per heavy atom. The zero-order valence-corrected chi connectivity index (χ0v) is 20.9. The van der Waals surface area contributed by atoms with Gasteiger partial charge in [0.1, 0.15) is 6.04 Å².